The topological polar surface area (TPSA) is 74.7 Å². The van der Waals surface area contributed by atoms with Gasteiger partial charge in [-0.15, -0.1) is 0 Å². The van der Waals surface area contributed by atoms with E-state index in [9.17, 15) is 14.4 Å². The quantitative estimate of drug-likeness (QED) is 0.899. The third-order valence-electron chi connectivity index (χ3n) is 2.86. The minimum Gasteiger partial charge on any atom is -0.478 e. The van der Waals surface area contributed by atoms with Gasteiger partial charge in [-0.25, -0.2) is 4.79 Å². The van der Waals surface area contributed by atoms with Crippen LogP contribution in [0.3, 0.4) is 0 Å². The fourth-order valence-electron chi connectivity index (χ4n) is 2.09. The number of benzene rings is 1. The lowest BCUT2D eigenvalue weighted by Gasteiger charge is -2.17. The molecular weight excluding hydrogens is 346 g/mol. The summed E-state index contributed by atoms with van der Waals surface area (Å²) in [6, 6.07) is 4.64. The molecule has 1 aromatic rings. The third kappa shape index (κ3) is 3.40. The molecule has 1 saturated heterocycles. The summed E-state index contributed by atoms with van der Waals surface area (Å²) in [5, 5.41) is 8.94. The molecule has 20 heavy (non-hydrogen) atoms. The summed E-state index contributed by atoms with van der Waals surface area (Å²) in [7, 11) is 0. The van der Waals surface area contributed by atoms with E-state index in [4.69, 9.17) is 5.11 Å². The predicted molar refractivity (Wildman–Crippen MR) is 80.1 cm³/mol. The van der Waals surface area contributed by atoms with Crippen LogP contribution < -0.4 is 4.90 Å². The van der Waals surface area contributed by atoms with E-state index < -0.39 is 5.97 Å². The first-order valence-electron chi connectivity index (χ1n) is 5.88. The monoisotopic (exact) mass is 357 g/mol. The number of carbonyl (C=O) groups excluding carboxylic acids is 2. The number of amides is 1. The highest BCUT2D eigenvalue weighted by Crippen LogP contribution is 2.31. The van der Waals surface area contributed by atoms with E-state index in [1.165, 1.54) is 24.0 Å². The first-order valence-corrected chi connectivity index (χ1v) is 7.55. The zero-order chi connectivity index (χ0) is 14.9. The van der Waals surface area contributed by atoms with Crippen LogP contribution >= 0.6 is 27.7 Å². The Bertz CT molecular complexity index is 590. The first kappa shape index (κ1) is 15.1. The fraction of sp³-hybridized carbons (Fsp3) is 0.308. The van der Waals surface area contributed by atoms with Gasteiger partial charge in [-0.1, -0.05) is 27.7 Å². The van der Waals surface area contributed by atoms with Crippen molar-refractivity contribution in [3.8, 4) is 0 Å². The molecule has 0 saturated carbocycles. The molecule has 0 bridgehead atoms. The molecule has 2 rings (SSSR count). The van der Waals surface area contributed by atoms with Crippen LogP contribution in [0.1, 0.15) is 23.7 Å². The summed E-state index contributed by atoms with van der Waals surface area (Å²) in [6.07, 6.45) is 0.291. The van der Waals surface area contributed by atoms with E-state index in [-0.39, 0.29) is 21.8 Å². The number of rotatable bonds is 3. The number of halogens is 1. The third-order valence-corrected chi connectivity index (χ3v) is 4.30. The number of carboxylic acid groups (broad SMARTS) is 1. The molecule has 1 amide bonds. The second-order valence-electron chi connectivity index (χ2n) is 4.44. The number of carboxylic acids is 1. The van der Waals surface area contributed by atoms with Crippen molar-refractivity contribution < 1.29 is 19.5 Å². The number of anilines is 1. The van der Waals surface area contributed by atoms with Crippen molar-refractivity contribution in [3.05, 3.63) is 28.2 Å². The normalized spacial score (nSPS) is 18.4. The van der Waals surface area contributed by atoms with Crippen LogP contribution in [-0.2, 0) is 9.59 Å². The van der Waals surface area contributed by atoms with Crippen molar-refractivity contribution >= 4 is 50.4 Å². The molecule has 0 aromatic heterocycles. The number of aromatic carboxylic acids is 1. The molecule has 1 aliphatic heterocycles. The van der Waals surface area contributed by atoms with Gasteiger partial charge in [-0.05, 0) is 18.2 Å². The fourth-order valence-corrected chi connectivity index (χ4v) is 3.49. The van der Waals surface area contributed by atoms with Crippen LogP contribution in [0.15, 0.2) is 22.7 Å². The molecule has 1 aliphatic rings. The van der Waals surface area contributed by atoms with Crippen LogP contribution in [0.4, 0.5) is 5.69 Å². The van der Waals surface area contributed by atoms with Crippen LogP contribution in [0.5, 0.6) is 0 Å². The Morgan fingerprint density at radius 1 is 1.40 bits per heavy atom. The van der Waals surface area contributed by atoms with Gasteiger partial charge in [-0.3, -0.25) is 9.59 Å². The maximum absolute atomic E-state index is 12.0. The number of hydrogen-bond donors (Lipinski definition) is 1. The maximum atomic E-state index is 12.0. The van der Waals surface area contributed by atoms with Crippen molar-refractivity contribution in [2.24, 2.45) is 0 Å². The van der Waals surface area contributed by atoms with E-state index in [0.29, 0.717) is 23.1 Å². The SMILES string of the molecule is CC(=O)SC1CC(=O)N(c2cc(Br)cc(C(=O)O)c2)C1. The summed E-state index contributed by atoms with van der Waals surface area (Å²) in [6.45, 7) is 1.89. The Labute approximate surface area is 128 Å². The number of carbonyl (C=O) groups is 3. The van der Waals surface area contributed by atoms with Crippen molar-refractivity contribution in [1.82, 2.24) is 0 Å². The molecule has 1 heterocycles. The summed E-state index contributed by atoms with van der Waals surface area (Å²) in [4.78, 5) is 35.7. The van der Waals surface area contributed by atoms with Crippen molar-refractivity contribution in [3.63, 3.8) is 0 Å². The molecular formula is C13H12BrNO4S. The average molecular weight is 358 g/mol. The standard InChI is InChI=1S/C13H12BrNO4S/c1-7(16)20-11-5-12(17)15(6-11)10-3-8(13(18)19)2-9(14)4-10/h2-4,11H,5-6H2,1H3,(H,18,19). The van der Waals surface area contributed by atoms with Crippen molar-refractivity contribution in [2.75, 3.05) is 11.4 Å². The Morgan fingerprint density at radius 3 is 2.70 bits per heavy atom. The molecule has 106 valence electrons. The maximum Gasteiger partial charge on any atom is 0.335 e. The van der Waals surface area contributed by atoms with E-state index in [1.807, 2.05) is 0 Å². The predicted octanol–water partition coefficient (Wildman–Crippen LogP) is 2.53. The summed E-state index contributed by atoms with van der Waals surface area (Å²) in [5.74, 6) is -1.15. The minimum atomic E-state index is -1.05. The highest BCUT2D eigenvalue weighted by molar-refractivity contribution is 9.10. The average Bonchev–Trinajstić information content (AvgIpc) is 2.68. The highest BCUT2D eigenvalue weighted by atomic mass is 79.9. The molecule has 1 fully saturated rings. The Balaban J connectivity index is 2.25. The second kappa shape index (κ2) is 5.97. The van der Waals surface area contributed by atoms with Gasteiger partial charge in [0.25, 0.3) is 0 Å². The molecule has 1 aromatic carbocycles. The van der Waals surface area contributed by atoms with Crippen LogP contribution in [0, 0.1) is 0 Å². The lowest BCUT2D eigenvalue weighted by Crippen LogP contribution is -2.25. The van der Waals surface area contributed by atoms with Gasteiger partial charge < -0.3 is 10.0 Å². The molecule has 7 heteroatoms. The number of hydrogen-bond acceptors (Lipinski definition) is 4. The van der Waals surface area contributed by atoms with Crippen LogP contribution in [0.2, 0.25) is 0 Å². The van der Waals surface area contributed by atoms with E-state index in [0.717, 1.165) is 11.8 Å². The van der Waals surface area contributed by atoms with Crippen LogP contribution in [0.25, 0.3) is 0 Å². The van der Waals surface area contributed by atoms with Gasteiger partial charge >= 0.3 is 5.97 Å². The van der Waals surface area contributed by atoms with Gasteiger partial charge in [0.1, 0.15) is 0 Å². The lowest BCUT2D eigenvalue weighted by atomic mass is 10.2. The first-order chi connectivity index (χ1) is 9.36. The second-order valence-corrected chi connectivity index (χ2v) is 6.84. The van der Waals surface area contributed by atoms with E-state index >= 15 is 0 Å². The Morgan fingerprint density at radius 2 is 2.10 bits per heavy atom. The van der Waals surface area contributed by atoms with E-state index in [2.05, 4.69) is 15.9 Å². The van der Waals surface area contributed by atoms with Gasteiger partial charge in [0.15, 0.2) is 5.12 Å². The van der Waals surface area contributed by atoms with Gasteiger partial charge in [0.2, 0.25) is 5.91 Å². The van der Waals surface area contributed by atoms with Crippen molar-refractivity contribution in [1.29, 1.82) is 0 Å². The summed E-state index contributed by atoms with van der Waals surface area (Å²) >= 11 is 4.39. The molecule has 0 radical (unpaired) electrons. The molecule has 1 N–H and O–H groups in total. The molecule has 1 unspecified atom stereocenters. The summed E-state index contributed by atoms with van der Waals surface area (Å²) < 4.78 is 0.600. The van der Waals surface area contributed by atoms with Crippen LogP contribution in [-0.4, -0.2) is 33.9 Å². The van der Waals surface area contributed by atoms with Crippen molar-refractivity contribution in [2.45, 2.75) is 18.6 Å². The smallest absolute Gasteiger partial charge is 0.335 e. The van der Waals surface area contributed by atoms with Gasteiger partial charge in [0, 0.05) is 35.3 Å². The minimum absolute atomic E-state index is 0.0230. The highest BCUT2D eigenvalue weighted by Gasteiger charge is 2.32. The van der Waals surface area contributed by atoms with Gasteiger partial charge in [-0.2, -0.15) is 0 Å². The van der Waals surface area contributed by atoms with E-state index in [1.54, 1.807) is 6.07 Å². The molecule has 0 spiro atoms. The zero-order valence-electron chi connectivity index (χ0n) is 10.6. The van der Waals surface area contributed by atoms with Gasteiger partial charge in [0.05, 0.1) is 5.56 Å². The zero-order valence-corrected chi connectivity index (χ0v) is 13.0. The number of thioether (sulfide) groups is 1. The summed E-state index contributed by atoms with van der Waals surface area (Å²) in [5.41, 5.74) is 0.651. The Kier molecular flexibility index (Phi) is 4.49. The molecule has 5 nitrogen and oxygen atoms in total. The largest absolute Gasteiger partial charge is 0.478 e. The number of nitrogens with zero attached hydrogens (tertiary/aromatic N) is 1. The Hall–Kier alpha value is -1.34. The molecule has 0 aliphatic carbocycles. The lowest BCUT2D eigenvalue weighted by molar-refractivity contribution is -0.117. The molecule has 1 atom stereocenters.